The Kier molecular flexibility index (Phi) is 3.57. The van der Waals surface area contributed by atoms with Gasteiger partial charge in [-0.1, -0.05) is 45.8 Å². The Balaban J connectivity index is 1.98. The van der Waals surface area contributed by atoms with Crippen molar-refractivity contribution in [3.05, 3.63) is 63.1 Å². The average Bonchev–Trinajstić information content (AvgIpc) is 2.37. The van der Waals surface area contributed by atoms with Gasteiger partial charge in [-0.15, -0.1) is 0 Å². The highest BCUT2D eigenvalue weighted by atomic mass is 79.9. The van der Waals surface area contributed by atoms with Crippen LogP contribution in [0.5, 0.6) is 5.75 Å². The molecule has 1 aliphatic rings. The van der Waals surface area contributed by atoms with E-state index in [9.17, 15) is 0 Å². The van der Waals surface area contributed by atoms with E-state index in [0.29, 0.717) is 0 Å². The van der Waals surface area contributed by atoms with Crippen molar-refractivity contribution in [2.45, 2.75) is 32.4 Å². The Labute approximate surface area is 128 Å². The Hall–Kier alpha value is -1.32. The quantitative estimate of drug-likeness (QED) is 0.829. The van der Waals surface area contributed by atoms with Crippen molar-refractivity contribution in [2.75, 3.05) is 0 Å². The van der Waals surface area contributed by atoms with Crippen LogP contribution in [0.2, 0.25) is 0 Å². The van der Waals surface area contributed by atoms with E-state index in [-0.39, 0.29) is 12.1 Å². The predicted molar refractivity (Wildman–Crippen MR) is 85.0 cm³/mol. The predicted octanol–water partition coefficient (Wildman–Crippen LogP) is 4.59. The zero-order chi connectivity index (χ0) is 14.3. The first-order valence-corrected chi connectivity index (χ1v) is 7.63. The van der Waals surface area contributed by atoms with E-state index in [1.807, 2.05) is 18.2 Å². The van der Waals surface area contributed by atoms with Crippen LogP contribution in [0.15, 0.2) is 40.9 Å². The van der Waals surface area contributed by atoms with Crippen molar-refractivity contribution >= 4 is 15.9 Å². The van der Waals surface area contributed by atoms with Crippen LogP contribution in [0.25, 0.3) is 0 Å². The summed E-state index contributed by atoms with van der Waals surface area (Å²) in [5, 5.41) is 0. The summed E-state index contributed by atoms with van der Waals surface area (Å²) in [6.07, 6.45) is 0.853. The van der Waals surface area contributed by atoms with Crippen LogP contribution in [0.3, 0.4) is 0 Å². The first-order valence-electron chi connectivity index (χ1n) is 6.83. The molecule has 3 heteroatoms. The van der Waals surface area contributed by atoms with Crippen molar-refractivity contribution in [3.63, 3.8) is 0 Å². The molecule has 1 unspecified atom stereocenters. The standard InChI is InChI=1S/C17H18BrNO/c1-10-3-5-13(11(2)7-10)17-9-15(19)14-6-4-12(18)8-16(14)20-17/h3-8,15,17H,9,19H2,1-2H3/t15-,17?/m0/s1. The summed E-state index contributed by atoms with van der Waals surface area (Å²) >= 11 is 3.49. The normalized spacial score (nSPS) is 21.2. The van der Waals surface area contributed by atoms with E-state index in [2.05, 4.69) is 48.0 Å². The maximum atomic E-state index is 6.31. The fourth-order valence-electron chi connectivity index (χ4n) is 2.85. The monoisotopic (exact) mass is 331 g/mol. The fourth-order valence-corrected chi connectivity index (χ4v) is 3.19. The number of hydrogen-bond donors (Lipinski definition) is 1. The molecule has 2 atom stereocenters. The van der Waals surface area contributed by atoms with E-state index in [4.69, 9.17) is 10.5 Å². The third kappa shape index (κ3) is 2.48. The van der Waals surface area contributed by atoms with Gasteiger partial charge in [-0.2, -0.15) is 0 Å². The van der Waals surface area contributed by atoms with Gasteiger partial charge in [-0.3, -0.25) is 0 Å². The van der Waals surface area contributed by atoms with E-state index < -0.39 is 0 Å². The zero-order valence-corrected chi connectivity index (χ0v) is 13.3. The lowest BCUT2D eigenvalue weighted by molar-refractivity contribution is 0.161. The van der Waals surface area contributed by atoms with Crippen molar-refractivity contribution in [1.82, 2.24) is 0 Å². The van der Waals surface area contributed by atoms with Gasteiger partial charge < -0.3 is 10.5 Å². The topological polar surface area (TPSA) is 35.2 Å². The minimum atomic E-state index is 0.0255. The summed E-state index contributed by atoms with van der Waals surface area (Å²) in [7, 11) is 0. The molecule has 1 aliphatic heterocycles. The van der Waals surface area contributed by atoms with Crippen LogP contribution in [0.1, 0.15) is 40.8 Å². The highest BCUT2D eigenvalue weighted by molar-refractivity contribution is 9.10. The SMILES string of the molecule is Cc1ccc(C2C[C@H](N)c3ccc(Br)cc3O2)c(C)c1. The number of rotatable bonds is 1. The number of aryl methyl sites for hydroxylation is 2. The van der Waals surface area contributed by atoms with E-state index in [1.54, 1.807) is 0 Å². The molecule has 0 saturated carbocycles. The van der Waals surface area contributed by atoms with Gasteiger partial charge in [0.25, 0.3) is 0 Å². The average molecular weight is 332 g/mol. The molecule has 0 saturated heterocycles. The van der Waals surface area contributed by atoms with Crippen molar-refractivity contribution in [2.24, 2.45) is 5.73 Å². The first kappa shape index (κ1) is 13.7. The molecule has 2 N–H and O–H groups in total. The molecule has 1 heterocycles. The number of benzene rings is 2. The number of hydrogen-bond acceptors (Lipinski definition) is 2. The Morgan fingerprint density at radius 1 is 1.10 bits per heavy atom. The van der Waals surface area contributed by atoms with Gasteiger partial charge in [0.15, 0.2) is 0 Å². The summed E-state index contributed by atoms with van der Waals surface area (Å²) in [6, 6.07) is 12.6. The third-order valence-electron chi connectivity index (χ3n) is 3.88. The molecule has 0 fully saturated rings. The first-order chi connectivity index (χ1) is 9.54. The molecular weight excluding hydrogens is 314 g/mol. The minimum Gasteiger partial charge on any atom is -0.485 e. The van der Waals surface area contributed by atoms with Gasteiger partial charge >= 0.3 is 0 Å². The van der Waals surface area contributed by atoms with Crippen LogP contribution in [-0.4, -0.2) is 0 Å². The number of nitrogens with two attached hydrogens (primary N) is 1. The van der Waals surface area contributed by atoms with E-state index in [1.165, 1.54) is 16.7 Å². The molecule has 2 aromatic rings. The van der Waals surface area contributed by atoms with Crippen LogP contribution in [0, 0.1) is 13.8 Å². The molecule has 0 amide bonds. The summed E-state index contributed by atoms with van der Waals surface area (Å²) in [5.74, 6) is 0.892. The summed E-state index contributed by atoms with van der Waals surface area (Å²) in [4.78, 5) is 0. The molecule has 2 nitrogen and oxygen atoms in total. The number of ether oxygens (including phenoxy) is 1. The molecule has 0 radical (unpaired) electrons. The molecule has 0 aromatic heterocycles. The van der Waals surface area contributed by atoms with Gasteiger partial charge in [0.1, 0.15) is 11.9 Å². The highest BCUT2D eigenvalue weighted by Gasteiger charge is 2.27. The van der Waals surface area contributed by atoms with Gasteiger partial charge in [-0.25, -0.2) is 0 Å². The Morgan fingerprint density at radius 3 is 2.60 bits per heavy atom. The molecule has 3 rings (SSSR count). The molecule has 20 heavy (non-hydrogen) atoms. The second-order valence-corrected chi connectivity index (χ2v) is 6.41. The summed E-state index contributed by atoms with van der Waals surface area (Å²) in [5.41, 5.74) is 11.2. The number of fused-ring (bicyclic) bond motifs is 1. The zero-order valence-electron chi connectivity index (χ0n) is 11.7. The second-order valence-electron chi connectivity index (χ2n) is 5.49. The minimum absolute atomic E-state index is 0.0255. The Morgan fingerprint density at radius 2 is 1.85 bits per heavy atom. The van der Waals surface area contributed by atoms with Crippen LogP contribution in [-0.2, 0) is 0 Å². The van der Waals surface area contributed by atoms with Crippen LogP contribution >= 0.6 is 15.9 Å². The third-order valence-corrected chi connectivity index (χ3v) is 4.38. The number of halogens is 1. The van der Waals surface area contributed by atoms with Crippen molar-refractivity contribution < 1.29 is 4.74 Å². The smallest absolute Gasteiger partial charge is 0.126 e. The van der Waals surface area contributed by atoms with Gasteiger partial charge in [0.05, 0.1) is 0 Å². The fraction of sp³-hybridized carbons (Fsp3) is 0.294. The molecule has 104 valence electrons. The molecule has 2 aromatic carbocycles. The lowest BCUT2D eigenvalue weighted by Gasteiger charge is -2.31. The van der Waals surface area contributed by atoms with Crippen LogP contribution < -0.4 is 10.5 Å². The largest absolute Gasteiger partial charge is 0.485 e. The molecule has 0 bridgehead atoms. The maximum absolute atomic E-state index is 6.31. The van der Waals surface area contributed by atoms with E-state index in [0.717, 1.165) is 22.2 Å². The Bertz CT molecular complexity index is 653. The van der Waals surface area contributed by atoms with Gasteiger partial charge in [0, 0.05) is 22.5 Å². The summed E-state index contributed by atoms with van der Waals surface area (Å²) < 4.78 is 7.20. The highest BCUT2D eigenvalue weighted by Crippen LogP contribution is 2.41. The van der Waals surface area contributed by atoms with Crippen molar-refractivity contribution in [3.8, 4) is 5.75 Å². The lowest BCUT2D eigenvalue weighted by atomic mass is 9.91. The summed E-state index contributed by atoms with van der Waals surface area (Å²) in [6.45, 7) is 4.24. The lowest BCUT2D eigenvalue weighted by Crippen LogP contribution is -2.24. The second kappa shape index (κ2) is 5.23. The molecule has 0 aliphatic carbocycles. The van der Waals surface area contributed by atoms with Crippen LogP contribution in [0.4, 0.5) is 0 Å². The van der Waals surface area contributed by atoms with Crippen molar-refractivity contribution in [1.29, 1.82) is 0 Å². The van der Waals surface area contributed by atoms with Gasteiger partial charge in [-0.05, 0) is 37.1 Å². The maximum Gasteiger partial charge on any atom is 0.126 e. The van der Waals surface area contributed by atoms with E-state index >= 15 is 0 Å². The van der Waals surface area contributed by atoms with Gasteiger partial charge in [0.2, 0.25) is 0 Å². The molecular formula is C17H18BrNO. The molecule has 0 spiro atoms.